The lowest BCUT2D eigenvalue weighted by Crippen LogP contribution is -2.39. The Morgan fingerprint density at radius 2 is 1.71 bits per heavy atom. The molecule has 0 aliphatic heterocycles. The maximum absolute atomic E-state index is 13.0. The second kappa shape index (κ2) is 16.7. The van der Waals surface area contributed by atoms with Crippen LogP contribution in [-0.4, -0.2) is 72.1 Å². The van der Waals surface area contributed by atoms with Crippen molar-refractivity contribution in [3.05, 3.63) is 65.6 Å². The van der Waals surface area contributed by atoms with Crippen molar-refractivity contribution < 1.29 is 38.0 Å². The fourth-order valence-corrected chi connectivity index (χ4v) is 5.85. The van der Waals surface area contributed by atoms with Crippen molar-refractivity contribution in [2.75, 3.05) is 34.3 Å². The summed E-state index contributed by atoms with van der Waals surface area (Å²) in [5.41, 5.74) is 1.91. The Balaban J connectivity index is 1.15. The van der Waals surface area contributed by atoms with Crippen molar-refractivity contribution >= 4 is 17.6 Å². The van der Waals surface area contributed by atoms with Gasteiger partial charge >= 0.3 is 11.9 Å². The minimum atomic E-state index is -0.409. The van der Waals surface area contributed by atoms with E-state index in [4.69, 9.17) is 38.5 Å². The van der Waals surface area contributed by atoms with Crippen LogP contribution in [0.4, 0.5) is 0 Å². The highest BCUT2D eigenvalue weighted by Crippen LogP contribution is 2.36. The summed E-state index contributed by atoms with van der Waals surface area (Å²) in [5, 5.41) is 11.4. The predicted molar refractivity (Wildman–Crippen MR) is 181 cm³/mol. The zero-order chi connectivity index (χ0) is 34.9. The van der Waals surface area contributed by atoms with Gasteiger partial charge in [0.05, 0.1) is 44.2 Å². The zero-order valence-electron chi connectivity index (χ0n) is 29.1. The lowest BCUT2D eigenvalue weighted by atomic mass is 9.80. The van der Waals surface area contributed by atoms with E-state index >= 15 is 0 Å². The molecule has 4 unspecified atom stereocenters. The molecule has 1 saturated carbocycles. The van der Waals surface area contributed by atoms with Gasteiger partial charge in [-0.1, -0.05) is 27.7 Å². The molecule has 49 heavy (non-hydrogen) atoms. The summed E-state index contributed by atoms with van der Waals surface area (Å²) < 4.78 is 35.2. The molecule has 2 heterocycles. The van der Waals surface area contributed by atoms with Gasteiger partial charge in [0.1, 0.15) is 17.2 Å². The molecule has 264 valence electrons. The number of aromatic amines is 1. The number of hydrogen-bond acceptors (Lipinski definition) is 11. The van der Waals surface area contributed by atoms with E-state index in [9.17, 15) is 9.59 Å². The lowest BCUT2D eigenvalue weighted by Gasteiger charge is -2.33. The van der Waals surface area contributed by atoms with Crippen LogP contribution in [0.2, 0.25) is 0 Å². The van der Waals surface area contributed by atoms with Crippen molar-refractivity contribution in [2.24, 2.45) is 11.8 Å². The van der Waals surface area contributed by atoms with Crippen LogP contribution in [0, 0.1) is 11.8 Å². The van der Waals surface area contributed by atoms with Gasteiger partial charge in [0.25, 0.3) is 0 Å². The molecule has 4 aromatic rings. The van der Waals surface area contributed by atoms with E-state index in [1.807, 2.05) is 6.92 Å². The maximum Gasteiger partial charge on any atom is 0.337 e. The van der Waals surface area contributed by atoms with Crippen molar-refractivity contribution in [3.63, 3.8) is 0 Å². The molecule has 2 aromatic carbocycles. The van der Waals surface area contributed by atoms with Crippen LogP contribution < -0.4 is 19.5 Å². The summed E-state index contributed by atoms with van der Waals surface area (Å²) >= 11 is 0. The van der Waals surface area contributed by atoms with Crippen LogP contribution in [-0.2, 0) is 19.0 Å². The van der Waals surface area contributed by atoms with E-state index in [0.29, 0.717) is 53.2 Å². The Bertz CT molecular complexity index is 1670. The van der Waals surface area contributed by atoms with Gasteiger partial charge in [0, 0.05) is 18.4 Å². The highest BCUT2D eigenvalue weighted by molar-refractivity contribution is 5.89. The molecule has 0 spiro atoms. The first-order chi connectivity index (χ1) is 23.7. The second-order valence-electron chi connectivity index (χ2n) is 12.6. The SMILES string of the molecule is CCC(C)c1[nH]n2nc(C(C)CNCOC3CCC(C)C[C@H]3C(=O)OCOc3ccc(OC)cc3)nc2c1Oc1ccc(C(=O)OC)cc1. The molecular weight excluding hydrogens is 630 g/mol. The van der Waals surface area contributed by atoms with E-state index in [0.717, 1.165) is 30.7 Å². The van der Waals surface area contributed by atoms with Crippen molar-refractivity contribution in [1.82, 2.24) is 25.1 Å². The van der Waals surface area contributed by atoms with Crippen LogP contribution in [0.25, 0.3) is 5.65 Å². The molecule has 0 bridgehead atoms. The number of ether oxygens (including phenoxy) is 6. The number of nitrogens with zero attached hydrogens (tertiary/aromatic N) is 3. The number of esters is 2. The first-order valence-electron chi connectivity index (χ1n) is 16.8. The number of nitrogens with one attached hydrogen (secondary N) is 2. The zero-order valence-corrected chi connectivity index (χ0v) is 29.1. The van der Waals surface area contributed by atoms with Gasteiger partial charge in [-0.25, -0.2) is 9.78 Å². The van der Waals surface area contributed by atoms with Crippen molar-refractivity contribution in [1.29, 1.82) is 0 Å². The van der Waals surface area contributed by atoms with E-state index in [-0.39, 0.29) is 43.4 Å². The summed E-state index contributed by atoms with van der Waals surface area (Å²) in [5.74, 6) is 2.57. The molecule has 5 rings (SSSR count). The molecule has 0 amide bonds. The summed E-state index contributed by atoms with van der Waals surface area (Å²) in [6.07, 6.45) is 3.10. The third kappa shape index (κ3) is 8.90. The van der Waals surface area contributed by atoms with Gasteiger partial charge in [-0.2, -0.15) is 0 Å². The van der Waals surface area contributed by atoms with Crippen LogP contribution in [0.3, 0.4) is 0 Å². The number of methoxy groups -OCH3 is 2. The minimum Gasteiger partial charge on any atom is -0.497 e. The Morgan fingerprint density at radius 1 is 1.00 bits per heavy atom. The summed E-state index contributed by atoms with van der Waals surface area (Å²) in [7, 11) is 2.95. The van der Waals surface area contributed by atoms with E-state index in [2.05, 4.69) is 31.2 Å². The number of rotatable bonds is 16. The molecule has 1 aliphatic rings. The van der Waals surface area contributed by atoms with Gasteiger partial charge in [0.2, 0.25) is 12.4 Å². The highest BCUT2D eigenvalue weighted by Gasteiger charge is 2.36. The molecule has 2 aromatic heterocycles. The second-order valence-corrected chi connectivity index (χ2v) is 12.6. The van der Waals surface area contributed by atoms with Crippen LogP contribution in [0.15, 0.2) is 48.5 Å². The van der Waals surface area contributed by atoms with Gasteiger partial charge in [-0.05, 0) is 80.1 Å². The summed E-state index contributed by atoms with van der Waals surface area (Å²) in [4.78, 5) is 29.7. The largest absolute Gasteiger partial charge is 0.497 e. The molecule has 13 nitrogen and oxygen atoms in total. The number of carbonyl (C=O) groups excluding carboxylic acids is 2. The molecule has 0 radical (unpaired) electrons. The summed E-state index contributed by atoms with van der Waals surface area (Å²) in [6.45, 7) is 9.06. The van der Waals surface area contributed by atoms with E-state index in [1.54, 1.807) is 60.3 Å². The predicted octanol–water partition coefficient (Wildman–Crippen LogP) is 6.21. The number of hydrogen-bond donors (Lipinski definition) is 2. The lowest BCUT2D eigenvalue weighted by molar-refractivity contribution is -0.164. The van der Waals surface area contributed by atoms with Crippen molar-refractivity contribution in [3.8, 4) is 23.0 Å². The smallest absolute Gasteiger partial charge is 0.337 e. The van der Waals surface area contributed by atoms with Crippen LogP contribution in [0.1, 0.15) is 87.1 Å². The first-order valence-corrected chi connectivity index (χ1v) is 16.8. The fourth-order valence-electron chi connectivity index (χ4n) is 5.85. The Labute approximate surface area is 286 Å². The molecule has 13 heteroatoms. The third-order valence-electron chi connectivity index (χ3n) is 9.03. The van der Waals surface area contributed by atoms with Gasteiger partial charge in [-0.3, -0.25) is 15.2 Å². The van der Waals surface area contributed by atoms with Crippen LogP contribution in [0.5, 0.6) is 23.0 Å². The topological polar surface area (TPSA) is 148 Å². The maximum atomic E-state index is 13.0. The quantitative estimate of drug-likeness (QED) is 0.0792. The molecular formula is C36H47N5O8. The number of benzene rings is 2. The molecule has 2 N–H and O–H groups in total. The number of aromatic nitrogens is 4. The average Bonchev–Trinajstić information content (AvgIpc) is 3.69. The molecule has 1 fully saturated rings. The fraction of sp³-hybridized carbons (Fsp3) is 0.500. The molecule has 5 atom stereocenters. The van der Waals surface area contributed by atoms with E-state index in [1.165, 1.54) is 7.11 Å². The number of fused-ring (bicyclic) bond motifs is 1. The standard InChI is InChI=1S/C36H47N5O8/c1-7-23(3)31-32(49-28-11-9-25(10-12-28)35(42)45-6)34-38-33(40-41(34)39-31)24(4)19-37-20-46-30-17-8-22(2)18-29(30)36(43)48-21-47-27-15-13-26(44-5)14-16-27/h9-16,22-24,29-30,37,39H,7-8,17-21H2,1-6H3/t22?,23?,24?,29-,30?/m1/s1. The number of carbonyl (C=O) groups is 2. The third-order valence-corrected chi connectivity index (χ3v) is 9.03. The Hall–Kier alpha value is -4.62. The Morgan fingerprint density at radius 3 is 2.41 bits per heavy atom. The average molecular weight is 678 g/mol. The van der Waals surface area contributed by atoms with Gasteiger partial charge in [0.15, 0.2) is 11.6 Å². The van der Waals surface area contributed by atoms with Gasteiger partial charge in [-0.15, -0.1) is 9.73 Å². The monoisotopic (exact) mass is 677 g/mol. The van der Waals surface area contributed by atoms with E-state index < -0.39 is 5.97 Å². The Kier molecular flexibility index (Phi) is 12.1. The van der Waals surface area contributed by atoms with Crippen molar-refractivity contribution in [2.45, 2.75) is 71.3 Å². The summed E-state index contributed by atoms with van der Waals surface area (Å²) in [6, 6.07) is 13.9. The first kappa shape index (κ1) is 35.7. The highest BCUT2D eigenvalue weighted by atomic mass is 16.7. The van der Waals surface area contributed by atoms with Crippen LogP contribution >= 0.6 is 0 Å². The molecule has 1 aliphatic carbocycles. The molecule has 0 saturated heterocycles. The number of H-pyrrole nitrogens is 1. The minimum absolute atomic E-state index is 0.0432. The normalized spacial score (nSPS) is 18.9. The van der Waals surface area contributed by atoms with Gasteiger partial charge < -0.3 is 28.4 Å².